The van der Waals surface area contributed by atoms with Gasteiger partial charge in [0.2, 0.25) is 0 Å². The Morgan fingerprint density at radius 3 is 2.38 bits per heavy atom. The Morgan fingerprint density at radius 1 is 1.07 bits per heavy atom. The zero-order valence-electron chi connectivity index (χ0n) is 20.9. The molecule has 0 saturated carbocycles. The molecule has 1 saturated heterocycles. The van der Waals surface area contributed by atoms with Gasteiger partial charge in [0.15, 0.2) is 6.17 Å². The molecule has 1 aromatic heterocycles. The number of urea groups is 2. The lowest BCUT2D eigenvalue weighted by Crippen LogP contribution is -2.58. The third-order valence-corrected chi connectivity index (χ3v) is 7.51. The van der Waals surface area contributed by atoms with Crippen molar-refractivity contribution >= 4 is 82.0 Å². The van der Waals surface area contributed by atoms with Crippen molar-refractivity contribution in [3.63, 3.8) is 0 Å². The summed E-state index contributed by atoms with van der Waals surface area (Å²) in [6, 6.07) is 10.4. The number of carbonyl (C=O) groups is 3. The van der Waals surface area contributed by atoms with Crippen molar-refractivity contribution in [1.82, 2.24) is 15.4 Å². The van der Waals surface area contributed by atoms with E-state index in [9.17, 15) is 19.6 Å². The number of anilines is 2. The number of hydroxylamine groups is 2. The van der Waals surface area contributed by atoms with Crippen LogP contribution in [0.3, 0.4) is 0 Å². The predicted molar refractivity (Wildman–Crippen MR) is 152 cm³/mol. The summed E-state index contributed by atoms with van der Waals surface area (Å²) in [5.41, 5.74) is 1.47. The van der Waals surface area contributed by atoms with Crippen LogP contribution in [0.2, 0.25) is 20.1 Å². The lowest BCUT2D eigenvalue weighted by molar-refractivity contribution is -0.124. The highest BCUT2D eigenvalue weighted by Gasteiger charge is 2.56. The quantitative estimate of drug-likeness (QED) is 0.160. The van der Waals surface area contributed by atoms with Crippen LogP contribution in [-0.4, -0.2) is 57.6 Å². The summed E-state index contributed by atoms with van der Waals surface area (Å²) in [4.78, 5) is 41.9. The molecule has 1 fully saturated rings. The predicted octanol–water partition coefficient (Wildman–Crippen LogP) is 6.31. The first-order valence-corrected chi connectivity index (χ1v) is 13.1. The van der Waals surface area contributed by atoms with Crippen LogP contribution >= 0.6 is 46.4 Å². The molecule has 0 spiro atoms. The first-order chi connectivity index (χ1) is 18.9. The van der Waals surface area contributed by atoms with Crippen LogP contribution in [0, 0.1) is 0 Å². The first-order valence-electron chi connectivity index (χ1n) is 11.6. The van der Waals surface area contributed by atoms with Crippen LogP contribution in [0.4, 0.5) is 21.0 Å². The molecule has 40 heavy (non-hydrogen) atoms. The maximum absolute atomic E-state index is 13.7. The second-order valence-corrected chi connectivity index (χ2v) is 10.7. The van der Waals surface area contributed by atoms with E-state index in [1.165, 1.54) is 53.8 Å². The Bertz CT molecular complexity index is 1470. The maximum Gasteiger partial charge on any atom is 0.347 e. The number of nitrogens with zero attached hydrogens (tertiary/aromatic N) is 4. The van der Waals surface area contributed by atoms with Gasteiger partial charge >= 0.3 is 12.1 Å². The van der Waals surface area contributed by atoms with Gasteiger partial charge in [-0.15, -0.1) is 0 Å². The molecule has 3 N–H and O–H groups in total. The van der Waals surface area contributed by atoms with Gasteiger partial charge in [0.1, 0.15) is 12.3 Å². The van der Waals surface area contributed by atoms with E-state index in [2.05, 4.69) is 15.8 Å². The molecule has 0 aliphatic carbocycles. The van der Waals surface area contributed by atoms with Crippen molar-refractivity contribution in [2.75, 3.05) is 16.8 Å². The third kappa shape index (κ3) is 6.13. The van der Waals surface area contributed by atoms with Crippen LogP contribution in [0.5, 0.6) is 0 Å². The van der Waals surface area contributed by atoms with Crippen LogP contribution in [0.25, 0.3) is 0 Å². The topological polar surface area (TPSA) is 131 Å². The number of hydrazone groups is 1. The monoisotopic (exact) mass is 626 g/mol. The second kappa shape index (κ2) is 11.9. The highest BCUT2D eigenvalue weighted by atomic mass is 35.5. The van der Waals surface area contributed by atoms with Crippen molar-refractivity contribution in [2.24, 2.45) is 5.10 Å². The Hall–Kier alpha value is -3.48. The summed E-state index contributed by atoms with van der Waals surface area (Å²) in [5.74, 6) is -0.226. The molecular formula is C25H22Cl4N6O5. The number of rotatable bonds is 7. The summed E-state index contributed by atoms with van der Waals surface area (Å²) in [6.07, 6.45) is 1.41. The molecule has 1 aliphatic rings. The van der Waals surface area contributed by atoms with Gasteiger partial charge in [-0.3, -0.25) is 14.9 Å². The number of hydrogen-bond donors (Lipinski definition) is 3. The molecule has 2 aromatic carbocycles. The van der Waals surface area contributed by atoms with E-state index in [0.29, 0.717) is 10.8 Å². The average molecular weight is 628 g/mol. The first kappa shape index (κ1) is 29.5. The third-order valence-electron chi connectivity index (χ3n) is 6.03. The number of carbonyl (C=O) groups excluding carboxylic acids is 3. The van der Waals surface area contributed by atoms with Crippen LogP contribution in [-0.2, 0) is 4.79 Å². The van der Waals surface area contributed by atoms with Gasteiger partial charge in [0.05, 0.1) is 38.1 Å². The zero-order valence-corrected chi connectivity index (χ0v) is 24.0. The minimum atomic E-state index is -1.33. The molecule has 1 unspecified atom stereocenters. The highest BCUT2D eigenvalue weighted by molar-refractivity contribution is 6.42. The van der Waals surface area contributed by atoms with E-state index in [1.807, 2.05) is 0 Å². The zero-order chi connectivity index (χ0) is 29.2. The lowest BCUT2D eigenvalue weighted by Gasteiger charge is -2.38. The molecule has 1 atom stereocenters. The minimum absolute atomic E-state index is 0.136. The van der Waals surface area contributed by atoms with Gasteiger partial charge < -0.3 is 14.6 Å². The fourth-order valence-corrected chi connectivity index (χ4v) is 4.67. The summed E-state index contributed by atoms with van der Waals surface area (Å²) in [7, 11) is 0. The summed E-state index contributed by atoms with van der Waals surface area (Å²) in [5, 5.41) is 18.7. The molecule has 1 aliphatic heterocycles. The average Bonchev–Trinajstić information content (AvgIpc) is 3.48. The molecule has 3 aromatic rings. The largest absolute Gasteiger partial charge is 0.463 e. The lowest BCUT2D eigenvalue weighted by atomic mass is 9.99. The van der Waals surface area contributed by atoms with Gasteiger partial charge in [-0.1, -0.05) is 46.4 Å². The minimum Gasteiger partial charge on any atom is -0.463 e. The van der Waals surface area contributed by atoms with Crippen molar-refractivity contribution in [3.05, 3.63) is 80.6 Å². The Morgan fingerprint density at radius 2 is 1.75 bits per heavy atom. The molecule has 5 amide bonds. The number of amides is 5. The summed E-state index contributed by atoms with van der Waals surface area (Å²) in [6.45, 7) is 2.71. The Balaban J connectivity index is 1.63. The second-order valence-electron chi connectivity index (χ2n) is 9.08. The normalized spacial score (nSPS) is 16.5. The Kier molecular flexibility index (Phi) is 8.81. The van der Waals surface area contributed by atoms with E-state index >= 15 is 0 Å². The van der Waals surface area contributed by atoms with Crippen molar-refractivity contribution in [2.45, 2.75) is 25.6 Å². The number of halogens is 4. The molecule has 0 bridgehead atoms. The van der Waals surface area contributed by atoms with E-state index in [4.69, 9.17) is 50.8 Å². The van der Waals surface area contributed by atoms with Crippen LogP contribution < -0.4 is 15.6 Å². The van der Waals surface area contributed by atoms with Crippen LogP contribution in [0.1, 0.15) is 19.6 Å². The molecular weight excluding hydrogens is 606 g/mol. The van der Waals surface area contributed by atoms with Crippen molar-refractivity contribution in [1.29, 1.82) is 0 Å². The van der Waals surface area contributed by atoms with E-state index in [-0.39, 0.29) is 31.5 Å². The summed E-state index contributed by atoms with van der Waals surface area (Å²) < 4.78 is 5.12. The summed E-state index contributed by atoms with van der Waals surface area (Å²) >= 11 is 24.2. The fraction of sp³-hybridized carbons (Fsp3) is 0.200. The number of nitrogens with one attached hydrogen (secondary N) is 2. The molecule has 15 heteroatoms. The van der Waals surface area contributed by atoms with Gasteiger partial charge in [-0.25, -0.2) is 15.0 Å². The SMILES string of the molecule is CC1(C)C(N(O)C(=O)Nc2ccc(Cl)c(Cl)c2)N(c2ccc(Cl)c(Cl)c2)C(=O)N1CC(=O)N/N=C\c1ccco1. The molecule has 11 nitrogen and oxygen atoms in total. The molecule has 0 radical (unpaired) electrons. The van der Waals surface area contributed by atoms with E-state index in [0.717, 1.165) is 4.90 Å². The molecule has 210 valence electrons. The van der Waals surface area contributed by atoms with Crippen molar-refractivity contribution in [3.8, 4) is 0 Å². The van der Waals surface area contributed by atoms with E-state index < -0.39 is 36.2 Å². The number of benzene rings is 2. The number of furan rings is 1. The van der Waals surface area contributed by atoms with Crippen LogP contribution in [0.15, 0.2) is 64.3 Å². The maximum atomic E-state index is 13.7. The Labute approximate surface area is 248 Å². The van der Waals surface area contributed by atoms with Gasteiger partial charge in [-0.05, 0) is 62.4 Å². The van der Waals surface area contributed by atoms with Gasteiger partial charge in [-0.2, -0.15) is 10.2 Å². The molecule has 2 heterocycles. The highest BCUT2D eigenvalue weighted by Crippen LogP contribution is 2.39. The number of hydrogen-bond acceptors (Lipinski definition) is 6. The van der Waals surface area contributed by atoms with Crippen molar-refractivity contribution < 1.29 is 24.0 Å². The standard InChI is InChI=1S/C25H22Cl4N6O5/c1-25(2)22(35(39)23(37)31-14-5-7-17(26)19(28)10-14)34(15-6-8-18(27)20(29)11-15)24(38)33(25)13-21(36)32-30-12-16-4-3-9-40-16/h3-12,22,39H,13H2,1-2H3,(H,31,37)(H,32,36)/b30-12-. The van der Waals surface area contributed by atoms with E-state index in [1.54, 1.807) is 26.0 Å². The fourth-order valence-electron chi connectivity index (χ4n) is 4.08. The van der Waals surface area contributed by atoms with Gasteiger partial charge in [0.25, 0.3) is 5.91 Å². The smallest absolute Gasteiger partial charge is 0.347 e. The van der Waals surface area contributed by atoms with Gasteiger partial charge in [0, 0.05) is 11.4 Å². The molecule has 4 rings (SSSR count).